The first kappa shape index (κ1) is 20.6. The lowest BCUT2D eigenvalue weighted by atomic mass is 10.1. The Morgan fingerprint density at radius 1 is 0.871 bits per heavy atom. The highest BCUT2D eigenvalue weighted by Crippen LogP contribution is 2.29. The quantitative estimate of drug-likeness (QED) is 0.404. The Morgan fingerprint density at radius 3 is 2.06 bits per heavy atom. The second kappa shape index (κ2) is 8.59. The molecule has 8 nitrogen and oxygen atoms in total. The number of amides is 3. The zero-order valence-electron chi connectivity index (χ0n) is 17.1. The summed E-state index contributed by atoms with van der Waals surface area (Å²) in [7, 11) is 0. The first-order valence-corrected chi connectivity index (χ1v) is 10.2. The SMILES string of the molecule is CCOc1ccc(N2C[C@H](C(=O)Oc3ccc(N4C(=O)CCC4=O)cc3)CC2=O)cc1. The summed E-state index contributed by atoms with van der Waals surface area (Å²) in [6.45, 7) is 2.69. The predicted molar refractivity (Wildman–Crippen MR) is 112 cm³/mol. The van der Waals surface area contributed by atoms with E-state index in [1.165, 1.54) is 12.1 Å². The summed E-state index contributed by atoms with van der Waals surface area (Å²) in [6.07, 6.45) is 0.479. The standard InChI is InChI=1S/C23H22N2O6/c1-2-30-18-7-3-16(4-8-18)24-14-15(13-22(24)28)23(29)31-19-9-5-17(6-10-19)25-20(26)11-12-21(25)27/h3-10,15H,2,11-14H2,1H3/t15-/m1/s1. The summed E-state index contributed by atoms with van der Waals surface area (Å²) < 4.78 is 10.8. The molecule has 0 saturated carbocycles. The molecule has 0 aromatic heterocycles. The van der Waals surface area contributed by atoms with Gasteiger partial charge in [0.1, 0.15) is 11.5 Å². The van der Waals surface area contributed by atoms with E-state index < -0.39 is 11.9 Å². The summed E-state index contributed by atoms with van der Waals surface area (Å²) >= 11 is 0. The topological polar surface area (TPSA) is 93.2 Å². The van der Waals surface area contributed by atoms with Gasteiger partial charge in [-0.05, 0) is 55.5 Å². The van der Waals surface area contributed by atoms with Crippen LogP contribution < -0.4 is 19.3 Å². The third-order valence-corrected chi connectivity index (χ3v) is 5.28. The molecule has 0 spiro atoms. The van der Waals surface area contributed by atoms with Gasteiger partial charge in [-0.15, -0.1) is 0 Å². The number of anilines is 2. The molecule has 2 aromatic rings. The van der Waals surface area contributed by atoms with Crippen molar-refractivity contribution in [3.05, 3.63) is 48.5 Å². The summed E-state index contributed by atoms with van der Waals surface area (Å²) in [5.41, 5.74) is 1.15. The molecule has 2 aliphatic rings. The number of nitrogens with zero attached hydrogens (tertiary/aromatic N) is 2. The molecule has 0 N–H and O–H groups in total. The van der Waals surface area contributed by atoms with Crippen molar-refractivity contribution in [1.29, 1.82) is 0 Å². The summed E-state index contributed by atoms with van der Waals surface area (Å²) in [6, 6.07) is 13.3. The zero-order valence-corrected chi connectivity index (χ0v) is 17.1. The lowest BCUT2D eigenvalue weighted by Gasteiger charge is -2.17. The maximum absolute atomic E-state index is 12.6. The van der Waals surface area contributed by atoms with Crippen LogP contribution in [0.3, 0.4) is 0 Å². The van der Waals surface area contributed by atoms with Crippen molar-refractivity contribution in [2.75, 3.05) is 23.0 Å². The fourth-order valence-corrected chi connectivity index (χ4v) is 3.73. The van der Waals surface area contributed by atoms with Crippen LogP contribution in [-0.2, 0) is 19.2 Å². The van der Waals surface area contributed by atoms with E-state index in [0.29, 0.717) is 23.7 Å². The normalized spacial score (nSPS) is 18.6. The number of hydrogen-bond acceptors (Lipinski definition) is 6. The molecule has 0 aliphatic carbocycles. The maximum Gasteiger partial charge on any atom is 0.316 e. The van der Waals surface area contributed by atoms with Crippen molar-refractivity contribution in [1.82, 2.24) is 0 Å². The minimum atomic E-state index is -0.583. The van der Waals surface area contributed by atoms with Crippen LogP contribution in [0.2, 0.25) is 0 Å². The molecule has 1 atom stereocenters. The summed E-state index contributed by atoms with van der Waals surface area (Å²) in [4.78, 5) is 51.4. The van der Waals surface area contributed by atoms with Gasteiger partial charge in [0.15, 0.2) is 0 Å². The minimum Gasteiger partial charge on any atom is -0.494 e. The van der Waals surface area contributed by atoms with E-state index in [9.17, 15) is 19.2 Å². The van der Waals surface area contributed by atoms with Gasteiger partial charge in [-0.1, -0.05) is 0 Å². The number of carbonyl (C=O) groups excluding carboxylic acids is 4. The Hall–Kier alpha value is -3.68. The van der Waals surface area contributed by atoms with E-state index in [0.717, 1.165) is 10.6 Å². The van der Waals surface area contributed by atoms with Gasteiger partial charge in [0.25, 0.3) is 0 Å². The molecule has 160 valence electrons. The second-order valence-electron chi connectivity index (χ2n) is 7.37. The van der Waals surface area contributed by atoms with Gasteiger partial charge in [0.2, 0.25) is 17.7 Å². The molecule has 2 fully saturated rings. The van der Waals surface area contributed by atoms with Crippen LogP contribution in [0, 0.1) is 5.92 Å². The lowest BCUT2D eigenvalue weighted by Crippen LogP contribution is -2.28. The highest BCUT2D eigenvalue weighted by Gasteiger charge is 2.36. The molecule has 0 unspecified atom stereocenters. The average molecular weight is 422 g/mol. The molecule has 31 heavy (non-hydrogen) atoms. The lowest BCUT2D eigenvalue weighted by molar-refractivity contribution is -0.139. The molecule has 0 radical (unpaired) electrons. The van der Waals surface area contributed by atoms with E-state index in [1.807, 2.05) is 6.92 Å². The van der Waals surface area contributed by atoms with E-state index in [2.05, 4.69) is 0 Å². The van der Waals surface area contributed by atoms with E-state index in [-0.39, 0.29) is 43.5 Å². The van der Waals surface area contributed by atoms with Crippen LogP contribution in [0.4, 0.5) is 11.4 Å². The average Bonchev–Trinajstić information content (AvgIpc) is 3.31. The van der Waals surface area contributed by atoms with Gasteiger partial charge in [-0.25, -0.2) is 0 Å². The van der Waals surface area contributed by atoms with Crippen LogP contribution in [0.25, 0.3) is 0 Å². The Kier molecular flexibility index (Phi) is 5.70. The molecule has 3 amide bonds. The number of esters is 1. The molecule has 2 aliphatic heterocycles. The molecule has 0 bridgehead atoms. The molecule has 2 aromatic carbocycles. The van der Waals surface area contributed by atoms with Gasteiger partial charge in [0, 0.05) is 31.5 Å². The predicted octanol–water partition coefficient (Wildman–Crippen LogP) is 2.70. The Labute approximate surface area is 179 Å². The molecule has 8 heteroatoms. The molecule has 2 saturated heterocycles. The number of benzene rings is 2. The largest absolute Gasteiger partial charge is 0.494 e. The van der Waals surface area contributed by atoms with Crippen molar-refractivity contribution in [2.24, 2.45) is 5.92 Å². The van der Waals surface area contributed by atoms with Crippen LogP contribution in [0.15, 0.2) is 48.5 Å². The highest BCUT2D eigenvalue weighted by molar-refractivity contribution is 6.19. The number of hydrogen-bond donors (Lipinski definition) is 0. The fourth-order valence-electron chi connectivity index (χ4n) is 3.73. The van der Waals surface area contributed by atoms with E-state index >= 15 is 0 Å². The number of rotatable bonds is 6. The number of ether oxygens (including phenoxy) is 2. The molecule has 4 rings (SSSR count). The van der Waals surface area contributed by atoms with Crippen molar-refractivity contribution in [3.63, 3.8) is 0 Å². The third-order valence-electron chi connectivity index (χ3n) is 5.28. The van der Waals surface area contributed by atoms with Crippen LogP contribution in [0.1, 0.15) is 26.2 Å². The zero-order chi connectivity index (χ0) is 22.0. The van der Waals surface area contributed by atoms with E-state index in [4.69, 9.17) is 9.47 Å². The summed E-state index contributed by atoms with van der Waals surface area (Å²) in [5, 5.41) is 0. The summed E-state index contributed by atoms with van der Waals surface area (Å²) in [5.74, 6) is -0.701. The Morgan fingerprint density at radius 2 is 1.45 bits per heavy atom. The molecular weight excluding hydrogens is 400 g/mol. The number of imide groups is 1. The monoisotopic (exact) mass is 422 g/mol. The Balaban J connectivity index is 1.38. The van der Waals surface area contributed by atoms with Gasteiger partial charge < -0.3 is 14.4 Å². The second-order valence-corrected chi connectivity index (χ2v) is 7.37. The van der Waals surface area contributed by atoms with E-state index in [1.54, 1.807) is 41.3 Å². The molecular formula is C23H22N2O6. The smallest absolute Gasteiger partial charge is 0.316 e. The van der Waals surface area contributed by atoms with Crippen LogP contribution in [0.5, 0.6) is 11.5 Å². The molecule has 2 heterocycles. The minimum absolute atomic E-state index is 0.0703. The Bertz CT molecular complexity index is 999. The van der Waals surface area contributed by atoms with Crippen molar-refractivity contribution >= 4 is 35.1 Å². The first-order valence-electron chi connectivity index (χ1n) is 10.2. The van der Waals surface area contributed by atoms with Crippen LogP contribution in [-0.4, -0.2) is 36.8 Å². The fraction of sp³-hybridized carbons (Fsp3) is 0.304. The van der Waals surface area contributed by atoms with Crippen LogP contribution >= 0.6 is 0 Å². The first-order chi connectivity index (χ1) is 15.0. The van der Waals surface area contributed by atoms with Crippen molar-refractivity contribution < 1.29 is 28.7 Å². The van der Waals surface area contributed by atoms with Crippen molar-refractivity contribution in [3.8, 4) is 11.5 Å². The third kappa shape index (κ3) is 4.28. The highest BCUT2D eigenvalue weighted by atomic mass is 16.5. The van der Waals surface area contributed by atoms with Gasteiger partial charge >= 0.3 is 5.97 Å². The maximum atomic E-state index is 12.6. The van der Waals surface area contributed by atoms with Crippen molar-refractivity contribution in [2.45, 2.75) is 26.2 Å². The van der Waals surface area contributed by atoms with Gasteiger partial charge in [-0.2, -0.15) is 0 Å². The van der Waals surface area contributed by atoms with Gasteiger partial charge in [-0.3, -0.25) is 24.1 Å². The number of carbonyl (C=O) groups is 4. The van der Waals surface area contributed by atoms with Gasteiger partial charge in [0.05, 0.1) is 18.2 Å².